The summed E-state index contributed by atoms with van der Waals surface area (Å²) in [5.74, 6) is 0. The smallest absolute Gasteiger partial charge is 0.0110 e. The van der Waals surface area contributed by atoms with Crippen LogP contribution in [0, 0.1) is 0 Å². The van der Waals surface area contributed by atoms with Gasteiger partial charge >= 0.3 is 0 Å². The van der Waals surface area contributed by atoms with Gasteiger partial charge in [-0.3, -0.25) is 4.90 Å². The Bertz CT molecular complexity index is 111. The number of hydrogen-bond acceptors (Lipinski definition) is 2. The Morgan fingerprint density at radius 2 is 1.62 bits per heavy atom. The van der Waals surface area contributed by atoms with Gasteiger partial charge in [-0.15, -0.1) is 0 Å². The Balaban J connectivity index is 4.19. The van der Waals surface area contributed by atoms with E-state index in [1.807, 2.05) is 0 Å². The average Bonchev–Trinajstić information content (AvgIpc) is 2.17. The summed E-state index contributed by atoms with van der Waals surface area (Å²) in [7, 11) is 0. The fraction of sp³-hybridized carbons (Fsp3) is 1.00. The molecule has 0 rings (SSSR count). The van der Waals surface area contributed by atoms with Crippen molar-refractivity contribution in [3.63, 3.8) is 0 Å². The van der Waals surface area contributed by atoms with Crippen LogP contribution in [0.4, 0.5) is 0 Å². The van der Waals surface area contributed by atoms with Crippen LogP contribution in [0.25, 0.3) is 0 Å². The maximum Gasteiger partial charge on any atom is 0.0110 e. The van der Waals surface area contributed by atoms with Crippen molar-refractivity contribution in [2.75, 3.05) is 13.1 Å². The van der Waals surface area contributed by atoms with E-state index in [1.54, 1.807) is 0 Å². The van der Waals surface area contributed by atoms with Crippen molar-refractivity contribution < 1.29 is 0 Å². The predicted molar refractivity (Wildman–Crippen MR) is 59.9 cm³/mol. The molecular formula is C11H26N2. The SMILES string of the molecule is CCC(C)N(CCN)C(CC)CC. The van der Waals surface area contributed by atoms with Gasteiger partial charge in [-0.2, -0.15) is 0 Å². The molecule has 0 aromatic heterocycles. The van der Waals surface area contributed by atoms with Crippen molar-refractivity contribution in [2.45, 2.75) is 59.0 Å². The third-order valence-electron chi connectivity index (χ3n) is 2.96. The van der Waals surface area contributed by atoms with Crippen molar-refractivity contribution in [3.8, 4) is 0 Å². The molecule has 0 aromatic carbocycles. The van der Waals surface area contributed by atoms with E-state index in [0.717, 1.165) is 19.1 Å². The van der Waals surface area contributed by atoms with Gasteiger partial charge in [0.2, 0.25) is 0 Å². The van der Waals surface area contributed by atoms with E-state index >= 15 is 0 Å². The summed E-state index contributed by atoms with van der Waals surface area (Å²) >= 11 is 0. The fourth-order valence-corrected chi connectivity index (χ4v) is 1.90. The zero-order chi connectivity index (χ0) is 10.3. The molecule has 0 aliphatic heterocycles. The fourth-order valence-electron chi connectivity index (χ4n) is 1.90. The monoisotopic (exact) mass is 186 g/mol. The van der Waals surface area contributed by atoms with Gasteiger partial charge in [0, 0.05) is 25.2 Å². The van der Waals surface area contributed by atoms with Crippen LogP contribution in [-0.2, 0) is 0 Å². The van der Waals surface area contributed by atoms with Crippen LogP contribution in [0.5, 0.6) is 0 Å². The van der Waals surface area contributed by atoms with Gasteiger partial charge < -0.3 is 5.73 Å². The van der Waals surface area contributed by atoms with Gasteiger partial charge in [-0.05, 0) is 26.2 Å². The van der Waals surface area contributed by atoms with Gasteiger partial charge in [-0.1, -0.05) is 20.8 Å². The molecule has 0 fully saturated rings. The molecule has 0 aliphatic carbocycles. The molecule has 0 heterocycles. The Morgan fingerprint density at radius 1 is 1.08 bits per heavy atom. The minimum absolute atomic E-state index is 0.674. The summed E-state index contributed by atoms with van der Waals surface area (Å²) in [5.41, 5.74) is 5.63. The highest BCUT2D eigenvalue weighted by Gasteiger charge is 2.18. The highest BCUT2D eigenvalue weighted by atomic mass is 15.2. The molecular weight excluding hydrogens is 160 g/mol. The zero-order valence-corrected chi connectivity index (χ0v) is 9.71. The van der Waals surface area contributed by atoms with E-state index < -0.39 is 0 Å². The van der Waals surface area contributed by atoms with Crippen LogP contribution in [0.1, 0.15) is 47.0 Å². The van der Waals surface area contributed by atoms with Gasteiger partial charge in [0.05, 0.1) is 0 Å². The average molecular weight is 186 g/mol. The molecule has 2 heteroatoms. The molecule has 0 saturated carbocycles. The predicted octanol–water partition coefficient (Wildman–Crippen LogP) is 2.23. The number of nitrogens with two attached hydrogens (primary N) is 1. The number of rotatable bonds is 7. The summed E-state index contributed by atoms with van der Waals surface area (Å²) in [4.78, 5) is 2.56. The Morgan fingerprint density at radius 3 is 1.92 bits per heavy atom. The highest BCUT2D eigenvalue weighted by molar-refractivity contribution is 4.74. The molecule has 13 heavy (non-hydrogen) atoms. The molecule has 1 atom stereocenters. The Hall–Kier alpha value is -0.0800. The lowest BCUT2D eigenvalue weighted by atomic mass is 10.1. The van der Waals surface area contributed by atoms with Crippen LogP contribution in [0.2, 0.25) is 0 Å². The summed E-state index contributed by atoms with van der Waals surface area (Å²) in [6.07, 6.45) is 3.69. The quantitative estimate of drug-likeness (QED) is 0.660. The molecule has 0 radical (unpaired) electrons. The number of nitrogens with zero attached hydrogens (tertiary/aromatic N) is 1. The van der Waals surface area contributed by atoms with Crippen molar-refractivity contribution in [1.29, 1.82) is 0 Å². The van der Waals surface area contributed by atoms with Gasteiger partial charge in [0.1, 0.15) is 0 Å². The molecule has 0 aromatic rings. The third kappa shape index (κ3) is 4.10. The first-order chi connectivity index (χ1) is 6.21. The van der Waals surface area contributed by atoms with Crippen LogP contribution >= 0.6 is 0 Å². The van der Waals surface area contributed by atoms with Crippen LogP contribution in [0.3, 0.4) is 0 Å². The highest BCUT2D eigenvalue weighted by Crippen LogP contribution is 2.13. The second-order valence-corrected chi connectivity index (χ2v) is 3.75. The van der Waals surface area contributed by atoms with Gasteiger partial charge in [0.25, 0.3) is 0 Å². The summed E-state index contributed by atoms with van der Waals surface area (Å²) < 4.78 is 0. The first-order valence-electron chi connectivity index (χ1n) is 5.66. The molecule has 0 spiro atoms. The molecule has 2 N–H and O–H groups in total. The van der Waals surface area contributed by atoms with Crippen molar-refractivity contribution >= 4 is 0 Å². The molecule has 0 bridgehead atoms. The summed E-state index contributed by atoms with van der Waals surface area (Å²) in [5, 5.41) is 0. The van der Waals surface area contributed by atoms with Gasteiger partial charge in [0.15, 0.2) is 0 Å². The van der Waals surface area contributed by atoms with E-state index in [2.05, 4.69) is 32.6 Å². The molecule has 0 amide bonds. The lowest BCUT2D eigenvalue weighted by molar-refractivity contribution is 0.136. The second kappa shape index (κ2) is 7.34. The molecule has 1 unspecified atom stereocenters. The van der Waals surface area contributed by atoms with E-state index in [1.165, 1.54) is 19.3 Å². The van der Waals surface area contributed by atoms with Crippen molar-refractivity contribution in [2.24, 2.45) is 5.73 Å². The standard InChI is InChI=1S/C11H26N2/c1-5-10(4)13(9-8-12)11(6-2)7-3/h10-11H,5-9,12H2,1-4H3. The second-order valence-electron chi connectivity index (χ2n) is 3.75. The zero-order valence-electron chi connectivity index (χ0n) is 9.71. The van der Waals surface area contributed by atoms with Crippen molar-refractivity contribution in [1.82, 2.24) is 4.90 Å². The normalized spacial score (nSPS) is 14.1. The summed E-state index contributed by atoms with van der Waals surface area (Å²) in [6, 6.07) is 1.40. The van der Waals surface area contributed by atoms with Crippen molar-refractivity contribution in [3.05, 3.63) is 0 Å². The molecule has 80 valence electrons. The first-order valence-corrected chi connectivity index (χ1v) is 5.66. The topological polar surface area (TPSA) is 29.3 Å². The molecule has 0 saturated heterocycles. The molecule has 0 aliphatic rings. The van der Waals surface area contributed by atoms with Crippen LogP contribution in [-0.4, -0.2) is 30.1 Å². The Kier molecular flexibility index (Phi) is 7.29. The van der Waals surface area contributed by atoms with Crippen LogP contribution in [0.15, 0.2) is 0 Å². The minimum atomic E-state index is 0.674. The first kappa shape index (κ1) is 12.9. The number of hydrogen-bond donors (Lipinski definition) is 1. The lowest BCUT2D eigenvalue weighted by Gasteiger charge is -2.35. The van der Waals surface area contributed by atoms with Crippen LogP contribution < -0.4 is 5.73 Å². The summed E-state index contributed by atoms with van der Waals surface area (Å²) in [6.45, 7) is 10.9. The Labute approximate surface area is 83.5 Å². The minimum Gasteiger partial charge on any atom is -0.329 e. The van der Waals surface area contributed by atoms with E-state index in [9.17, 15) is 0 Å². The lowest BCUT2D eigenvalue weighted by Crippen LogP contribution is -2.43. The molecule has 2 nitrogen and oxygen atoms in total. The van der Waals surface area contributed by atoms with Gasteiger partial charge in [-0.25, -0.2) is 0 Å². The third-order valence-corrected chi connectivity index (χ3v) is 2.96. The maximum atomic E-state index is 5.63. The van der Waals surface area contributed by atoms with E-state index in [-0.39, 0.29) is 0 Å². The van der Waals surface area contributed by atoms with E-state index in [0.29, 0.717) is 6.04 Å². The van der Waals surface area contributed by atoms with E-state index in [4.69, 9.17) is 5.73 Å². The largest absolute Gasteiger partial charge is 0.329 e. The maximum absolute atomic E-state index is 5.63.